The highest BCUT2D eigenvalue weighted by Gasteiger charge is 2.31. The van der Waals surface area contributed by atoms with E-state index in [0.717, 1.165) is 17.8 Å². The van der Waals surface area contributed by atoms with Crippen molar-refractivity contribution < 1.29 is 0 Å². The molecule has 0 aromatic rings. The van der Waals surface area contributed by atoms with E-state index in [9.17, 15) is 0 Å². The van der Waals surface area contributed by atoms with Crippen LogP contribution in [0.15, 0.2) is 0 Å². The normalized spacial score (nSPS) is 40.2. The minimum atomic E-state index is 0.976. The van der Waals surface area contributed by atoms with Gasteiger partial charge in [0.15, 0.2) is 0 Å². The van der Waals surface area contributed by atoms with Crippen molar-refractivity contribution in [1.29, 1.82) is 0 Å². The molecule has 0 aromatic heterocycles. The van der Waals surface area contributed by atoms with Crippen molar-refractivity contribution in [3.05, 3.63) is 0 Å². The van der Waals surface area contributed by atoms with Gasteiger partial charge < -0.3 is 5.32 Å². The van der Waals surface area contributed by atoms with Gasteiger partial charge in [-0.05, 0) is 55.2 Å². The Bertz CT molecular complexity index is 143. The molecule has 1 saturated heterocycles. The Morgan fingerprint density at radius 1 is 1.42 bits per heavy atom. The summed E-state index contributed by atoms with van der Waals surface area (Å²) in [6.45, 7) is 4.91. The van der Waals surface area contributed by atoms with Gasteiger partial charge in [-0.2, -0.15) is 11.8 Å². The third kappa shape index (κ3) is 2.40. The van der Waals surface area contributed by atoms with Gasteiger partial charge in [0, 0.05) is 0 Å². The second-order valence-electron chi connectivity index (χ2n) is 4.36. The van der Waals surface area contributed by atoms with Gasteiger partial charge in [0.2, 0.25) is 0 Å². The standard InChI is InChI=1S/C10H19NS/c1-8-4-10(8)6-11-5-9-2-3-12-7-9/h8-11H,2-7H2,1H3. The zero-order valence-corrected chi connectivity index (χ0v) is 8.70. The van der Waals surface area contributed by atoms with E-state index in [-0.39, 0.29) is 0 Å². The molecule has 0 radical (unpaired) electrons. The lowest BCUT2D eigenvalue weighted by molar-refractivity contribution is 0.505. The summed E-state index contributed by atoms with van der Waals surface area (Å²) in [7, 11) is 0. The second kappa shape index (κ2) is 4.01. The highest BCUT2D eigenvalue weighted by atomic mass is 32.2. The smallest absolute Gasteiger partial charge is 0.00122 e. The minimum Gasteiger partial charge on any atom is -0.316 e. The van der Waals surface area contributed by atoms with E-state index in [0.29, 0.717) is 0 Å². The van der Waals surface area contributed by atoms with Crippen LogP contribution >= 0.6 is 11.8 Å². The number of hydrogen-bond acceptors (Lipinski definition) is 2. The highest BCUT2D eigenvalue weighted by Crippen LogP contribution is 2.36. The fourth-order valence-electron chi connectivity index (χ4n) is 1.90. The average Bonchev–Trinajstić information content (AvgIpc) is 2.58. The molecule has 0 aromatic carbocycles. The lowest BCUT2D eigenvalue weighted by atomic mass is 10.1. The van der Waals surface area contributed by atoms with Crippen LogP contribution in [-0.2, 0) is 0 Å². The molecule has 1 N–H and O–H groups in total. The maximum absolute atomic E-state index is 3.61. The summed E-state index contributed by atoms with van der Waals surface area (Å²) in [6.07, 6.45) is 2.91. The summed E-state index contributed by atoms with van der Waals surface area (Å²) in [5.41, 5.74) is 0. The van der Waals surface area contributed by atoms with E-state index in [4.69, 9.17) is 0 Å². The molecule has 0 amide bonds. The first-order valence-corrected chi connectivity index (χ1v) is 6.30. The maximum atomic E-state index is 3.61. The molecular weight excluding hydrogens is 166 g/mol. The fourth-order valence-corrected chi connectivity index (χ4v) is 3.19. The van der Waals surface area contributed by atoms with Gasteiger partial charge in [-0.3, -0.25) is 0 Å². The molecule has 2 fully saturated rings. The van der Waals surface area contributed by atoms with E-state index in [1.54, 1.807) is 0 Å². The molecule has 1 saturated carbocycles. The van der Waals surface area contributed by atoms with Gasteiger partial charge in [-0.25, -0.2) is 0 Å². The number of rotatable bonds is 4. The quantitative estimate of drug-likeness (QED) is 0.719. The predicted octanol–water partition coefficient (Wildman–Crippen LogP) is 1.99. The molecule has 1 nitrogen and oxygen atoms in total. The molecule has 3 unspecified atom stereocenters. The predicted molar refractivity (Wildman–Crippen MR) is 55.6 cm³/mol. The first kappa shape index (κ1) is 8.89. The van der Waals surface area contributed by atoms with Crippen LogP contribution in [0.3, 0.4) is 0 Å². The van der Waals surface area contributed by atoms with Crippen LogP contribution in [-0.4, -0.2) is 24.6 Å². The lowest BCUT2D eigenvalue weighted by Gasteiger charge is -2.08. The summed E-state index contributed by atoms with van der Waals surface area (Å²) < 4.78 is 0. The minimum absolute atomic E-state index is 0.976. The summed E-state index contributed by atoms with van der Waals surface area (Å²) in [6, 6.07) is 0. The Morgan fingerprint density at radius 2 is 2.25 bits per heavy atom. The summed E-state index contributed by atoms with van der Waals surface area (Å²) in [4.78, 5) is 0. The van der Waals surface area contributed by atoms with Gasteiger partial charge in [0.05, 0.1) is 0 Å². The van der Waals surface area contributed by atoms with Crippen LogP contribution < -0.4 is 5.32 Å². The van der Waals surface area contributed by atoms with Crippen molar-refractivity contribution in [2.75, 3.05) is 24.6 Å². The molecule has 70 valence electrons. The molecular formula is C10H19NS. The average molecular weight is 185 g/mol. The Morgan fingerprint density at radius 3 is 2.83 bits per heavy atom. The topological polar surface area (TPSA) is 12.0 Å². The Hall–Kier alpha value is 0.310. The molecule has 1 aliphatic heterocycles. The van der Waals surface area contributed by atoms with Gasteiger partial charge in [-0.15, -0.1) is 0 Å². The molecule has 0 spiro atoms. The first-order valence-electron chi connectivity index (χ1n) is 5.14. The van der Waals surface area contributed by atoms with Crippen LogP contribution in [0.1, 0.15) is 19.8 Å². The van der Waals surface area contributed by atoms with Gasteiger partial charge in [0.25, 0.3) is 0 Å². The van der Waals surface area contributed by atoms with E-state index in [1.807, 2.05) is 0 Å². The van der Waals surface area contributed by atoms with Crippen molar-refractivity contribution in [2.24, 2.45) is 17.8 Å². The Labute approximate surface area is 79.7 Å². The van der Waals surface area contributed by atoms with Crippen molar-refractivity contribution in [3.8, 4) is 0 Å². The zero-order valence-electron chi connectivity index (χ0n) is 7.88. The Balaban J connectivity index is 1.51. The third-order valence-corrected chi connectivity index (χ3v) is 4.37. The monoisotopic (exact) mass is 185 g/mol. The van der Waals surface area contributed by atoms with Crippen molar-refractivity contribution >= 4 is 11.8 Å². The SMILES string of the molecule is CC1CC1CNCC1CCSC1. The maximum Gasteiger partial charge on any atom is -0.00122 e. The van der Waals surface area contributed by atoms with Gasteiger partial charge in [0.1, 0.15) is 0 Å². The molecule has 0 bridgehead atoms. The van der Waals surface area contributed by atoms with Crippen LogP contribution in [0.4, 0.5) is 0 Å². The van der Waals surface area contributed by atoms with Gasteiger partial charge >= 0.3 is 0 Å². The molecule has 12 heavy (non-hydrogen) atoms. The number of thioether (sulfide) groups is 1. The fraction of sp³-hybridized carbons (Fsp3) is 1.00. The van der Waals surface area contributed by atoms with Crippen LogP contribution in [0.2, 0.25) is 0 Å². The summed E-state index contributed by atoms with van der Waals surface area (Å²) in [5.74, 6) is 5.79. The Kier molecular flexibility index (Phi) is 2.97. The third-order valence-electron chi connectivity index (χ3n) is 3.14. The van der Waals surface area contributed by atoms with Crippen LogP contribution in [0.25, 0.3) is 0 Å². The van der Waals surface area contributed by atoms with Crippen LogP contribution in [0, 0.1) is 17.8 Å². The van der Waals surface area contributed by atoms with Crippen LogP contribution in [0.5, 0.6) is 0 Å². The number of nitrogens with one attached hydrogen (secondary N) is 1. The zero-order chi connectivity index (χ0) is 8.39. The van der Waals surface area contributed by atoms with E-state index in [2.05, 4.69) is 24.0 Å². The molecule has 3 atom stereocenters. The second-order valence-corrected chi connectivity index (χ2v) is 5.51. The molecule has 1 aliphatic carbocycles. The highest BCUT2D eigenvalue weighted by molar-refractivity contribution is 7.99. The molecule has 2 heteroatoms. The van der Waals surface area contributed by atoms with E-state index in [1.165, 1.54) is 37.4 Å². The van der Waals surface area contributed by atoms with Gasteiger partial charge in [-0.1, -0.05) is 6.92 Å². The van der Waals surface area contributed by atoms with E-state index < -0.39 is 0 Å². The van der Waals surface area contributed by atoms with Crippen molar-refractivity contribution in [1.82, 2.24) is 5.32 Å². The van der Waals surface area contributed by atoms with E-state index >= 15 is 0 Å². The van der Waals surface area contributed by atoms with Crippen molar-refractivity contribution in [2.45, 2.75) is 19.8 Å². The first-order chi connectivity index (χ1) is 5.86. The summed E-state index contributed by atoms with van der Waals surface area (Å²) >= 11 is 2.12. The van der Waals surface area contributed by atoms with Crippen molar-refractivity contribution in [3.63, 3.8) is 0 Å². The molecule has 2 aliphatic rings. The summed E-state index contributed by atoms with van der Waals surface area (Å²) in [5, 5.41) is 3.61. The lowest BCUT2D eigenvalue weighted by Crippen LogP contribution is -2.24. The number of hydrogen-bond donors (Lipinski definition) is 1. The largest absolute Gasteiger partial charge is 0.316 e. The molecule has 2 rings (SSSR count). The molecule has 1 heterocycles.